The summed E-state index contributed by atoms with van der Waals surface area (Å²) >= 11 is 0. The predicted molar refractivity (Wildman–Crippen MR) is 70.9 cm³/mol. The van der Waals surface area contributed by atoms with Gasteiger partial charge in [0.15, 0.2) is 0 Å². The first-order chi connectivity index (χ1) is 8.51. The average Bonchev–Trinajstić information content (AvgIpc) is 2.32. The van der Waals surface area contributed by atoms with Crippen LogP contribution in [0.25, 0.3) is 0 Å². The van der Waals surface area contributed by atoms with Crippen molar-refractivity contribution in [2.24, 2.45) is 7.05 Å². The lowest BCUT2D eigenvalue weighted by atomic mass is 10.2. The van der Waals surface area contributed by atoms with Crippen LogP contribution in [-0.2, 0) is 11.8 Å². The smallest absolute Gasteiger partial charge is 0.329 e. The van der Waals surface area contributed by atoms with Gasteiger partial charge in [-0.05, 0) is 6.42 Å². The number of H-pyrrole nitrogens is 1. The Kier molecular flexibility index (Phi) is 4.96. The molecule has 7 nitrogen and oxygen atoms in total. The minimum absolute atomic E-state index is 0.0131. The molecule has 0 amide bonds. The molecule has 7 heteroatoms. The fourth-order valence-corrected chi connectivity index (χ4v) is 1.73. The largest absolute Gasteiger partial charge is 0.383 e. The summed E-state index contributed by atoms with van der Waals surface area (Å²) in [5.41, 5.74) is 4.95. The summed E-state index contributed by atoms with van der Waals surface area (Å²) < 4.78 is 6.27. The summed E-state index contributed by atoms with van der Waals surface area (Å²) in [5.74, 6) is 0.126. The molecular weight excluding hydrogens is 236 g/mol. The Bertz CT molecular complexity index is 500. The molecule has 0 aliphatic heterocycles. The minimum Gasteiger partial charge on any atom is -0.383 e. The van der Waals surface area contributed by atoms with Crippen LogP contribution in [0.4, 0.5) is 11.5 Å². The summed E-state index contributed by atoms with van der Waals surface area (Å²) in [7, 11) is 3.10. The number of ether oxygens (including phenoxy) is 1. The van der Waals surface area contributed by atoms with E-state index in [0.29, 0.717) is 6.61 Å². The second-order valence-corrected chi connectivity index (χ2v) is 4.16. The summed E-state index contributed by atoms with van der Waals surface area (Å²) in [6.07, 6.45) is 1.79. The lowest BCUT2D eigenvalue weighted by Crippen LogP contribution is -2.35. The molecule has 0 spiro atoms. The number of nitrogens with one attached hydrogen (secondary N) is 2. The average molecular weight is 256 g/mol. The Labute approximate surface area is 105 Å². The molecule has 102 valence electrons. The van der Waals surface area contributed by atoms with Gasteiger partial charge in [0.05, 0.1) is 6.61 Å². The number of aromatic amines is 1. The maximum atomic E-state index is 11.7. The Morgan fingerprint density at radius 2 is 2.17 bits per heavy atom. The van der Waals surface area contributed by atoms with Gasteiger partial charge in [0.25, 0.3) is 5.56 Å². The van der Waals surface area contributed by atoms with Gasteiger partial charge in [0.2, 0.25) is 0 Å². The van der Waals surface area contributed by atoms with Crippen LogP contribution in [0.1, 0.15) is 19.8 Å². The molecule has 0 fully saturated rings. The van der Waals surface area contributed by atoms with Crippen molar-refractivity contribution in [3.8, 4) is 0 Å². The number of aromatic nitrogens is 2. The highest BCUT2D eigenvalue weighted by molar-refractivity contribution is 5.60. The van der Waals surface area contributed by atoms with Crippen molar-refractivity contribution < 1.29 is 4.74 Å². The second-order valence-electron chi connectivity index (χ2n) is 4.16. The van der Waals surface area contributed by atoms with Crippen LogP contribution < -0.4 is 22.3 Å². The summed E-state index contributed by atoms with van der Waals surface area (Å²) in [4.78, 5) is 25.2. The molecule has 18 heavy (non-hydrogen) atoms. The van der Waals surface area contributed by atoms with E-state index in [0.717, 1.165) is 12.8 Å². The molecule has 0 radical (unpaired) electrons. The number of hydrogen-bond acceptors (Lipinski definition) is 5. The summed E-state index contributed by atoms with van der Waals surface area (Å²) in [5, 5.41) is 3.03. The van der Waals surface area contributed by atoms with E-state index in [2.05, 4.69) is 10.3 Å². The fraction of sp³-hybridized carbons (Fsp3) is 0.636. The van der Waals surface area contributed by atoms with E-state index in [1.54, 1.807) is 7.11 Å². The van der Waals surface area contributed by atoms with Gasteiger partial charge >= 0.3 is 5.69 Å². The van der Waals surface area contributed by atoms with Gasteiger partial charge in [-0.25, -0.2) is 4.79 Å². The molecule has 0 aliphatic carbocycles. The Morgan fingerprint density at radius 3 is 2.72 bits per heavy atom. The number of hydrogen-bond donors (Lipinski definition) is 3. The van der Waals surface area contributed by atoms with Crippen molar-refractivity contribution in [3.05, 3.63) is 20.8 Å². The van der Waals surface area contributed by atoms with Crippen LogP contribution in [0.15, 0.2) is 9.59 Å². The van der Waals surface area contributed by atoms with E-state index in [1.807, 2.05) is 6.92 Å². The lowest BCUT2D eigenvalue weighted by Gasteiger charge is -2.19. The number of nitrogens with two attached hydrogens (primary N) is 1. The van der Waals surface area contributed by atoms with Crippen LogP contribution in [0.3, 0.4) is 0 Å². The molecule has 0 bridgehead atoms. The van der Waals surface area contributed by atoms with Gasteiger partial charge in [-0.2, -0.15) is 0 Å². The normalized spacial score (nSPS) is 12.4. The van der Waals surface area contributed by atoms with Crippen LogP contribution in [-0.4, -0.2) is 29.3 Å². The van der Waals surface area contributed by atoms with E-state index in [1.165, 1.54) is 11.6 Å². The molecule has 1 aromatic heterocycles. The number of nitrogen functional groups attached to an aromatic ring is 1. The van der Waals surface area contributed by atoms with Gasteiger partial charge in [-0.15, -0.1) is 0 Å². The van der Waals surface area contributed by atoms with Gasteiger partial charge in [-0.1, -0.05) is 13.3 Å². The van der Waals surface area contributed by atoms with Crippen molar-refractivity contribution in [2.75, 3.05) is 24.8 Å². The van der Waals surface area contributed by atoms with E-state index in [4.69, 9.17) is 10.5 Å². The first kappa shape index (κ1) is 14.3. The van der Waals surface area contributed by atoms with Crippen LogP contribution in [0.2, 0.25) is 0 Å². The molecule has 1 rings (SSSR count). The Hall–Kier alpha value is -1.76. The first-order valence-corrected chi connectivity index (χ1v) is 5.85. The van der Waals surface area contributed by atoms with Crippen LogP contribution in [0.5, 0.6) is 0 Å². The van der Waals surface area contributed by atoms with Gasteiger partial charge in [0.1, 0.15) is 11.5 Å². The molecule has 1 heterocycles. The lowest BCUT2D eigenvalue weighted by molar-refractivity contribution is 0.182. The molecule has 1 atom stereocenters. The quantitative estimate of drug-likeness (QED) is 0.658. The van der Waals surface area contributed by atoms with Crippen molar-refractivity contribution in [3.63, 3.8) is 0 Å². The monoisotopic (exact) mass is 256 g/mol. The third-order valence-electron chi connectivity index (χ3n) is 2.72. The molecule has 0 saturated heterocycles. The van der Waals surface area contributed by atoms with Gasteiger partial charge < -0.3 is 15.8 Å². The third-order valence-corrected chi connectivity index (χ3v) is 2.72. The molecule has 4 N–H and O–H groups in total. The molecule has 0 aromatic carbocycles. The maximum Gasteiger partial charge on any atom is 0.329 e. The van der Waals surface area contributed by atoms with E-state index in [9.17, 15) is 9.59 Å². The molecule has 0 aliphatic rings. The second kappa shape index (κ2) is 6.25. The van der Waals surface area contributed by atoms with Crippen LogP contribution >= 0.6 is 0 Å². The standard InChI is InChI=1S/C11H20N4O3/c1-4-5-7(6-18-3)13-8-9(12)15(2)11(17)14-10(8)16/h7,13H,4-6,12H2,1-3H3,(H,14,16,17). The Morgan fingerprint density at radius 1 is 1.50 bits per heavy atom. The minimum atomic E-state index is -0.526. The van der Waals surface area contributed by atoms with Crippen molar-refractivity contribution in [2.45, 2.75) is 25.8 Å². The highest BCUT2D eigenvalue weighted by Gasteiger charge is 2.14. The fourth-order valence-electron chi connectivity index (χ4n) is 1.73. The highest BCUT2D eigenvalue weighted by atomic mass is 16.5. The topological polar surface area (TPSA) is 102 Å². The zero-order chi connectivity index (χ0) is 13.7. The molecule has 0 saturated carbocycles. The van der Waals surface area contributed by atoms with Crippen molar-refractivity contribution in [1.29, 1.82) is 0 Å². The number of methoxy groups -OCH3 is 1. The highest BCUT2D eigenvalue weighted by Crippen LogP contribution is 2.12. The Balaban J connectivity index is 3.06. The van der Waals surface area contributed by atoms with Gasteiger partial charge in [0, 0.05) is 20.2 Å². The predicted octanol–water partition coefficient (Wildman–Crippen LogP) is -0.117. The summed E-state index contributed by atoms with van der Waals surface area (Å²) in [6, 6.07) is -0.0131. The van der Waals surface area contributed by atoms with Crippen molar-refractivity contribution in [1.82, 2.24) is 9.55 Å². The molecular formula is C11H20N4O3. The van der Waals surface area contributed by atoms with Gasteiger partial charge in [-0.3, -0.25) is 14.3 Å². The van der Waals surface area contributed by atoms with Crippen molar-refractivity contribution >= 4 is 11.5 Å². The molecule has 1 unspecified atom stereocenters. The van der Waals surface area contributed by atoms with E-state index >= 15 is 0 Å². The zero-order valence-corrected chi connectivity index (χ0v) is 10.9. The van der Waals surface area contributed by atoms with Crippen LogP contribution in [0, 0.1) is 0 Å². The number of nitrogens with zero attached hydrogens (tertiary/aromatic N) is 1. The summed E-state index contributed by atoms with van der Waals surface area (Å²) in [6.45, 7) is 2.51. The maximum absolute atomic E-state index is 11.7. The number of rotatable bonds is 6. The zero-order valence-electron chi connectivity index (χ0n) is 10.9. The van der Waals surface area contributed by atoms with E-state index < -0.39 is 11.2 Å². The molecule has 1 aromatic rings. The SMILES string of the molecule is CCCC(COC)Nc1c(N)n(C)c(=O)[nH]c1=O. The third kappa shape index (κ3) is 3.13. The van der Waals surface area contributed by atoms with E-state index in [-0.39, 0.29) is 17.5 Å². The number of anilines is 2. The first-order valence-electron chi connectivity index (χ1n) is 5.85.